The maximum atomic E-state index is 2.56. The summed E-state index contributed by atoms with van der Waals surface area (Å²) in [6.07, 6.45) is 0. The molecule has 0 aliphatic rings. The number of hydrogen-bond donors (Lipinski definition) is 0. The molecule has 0 aliphatic carbocycles. The summed E-state index contributed by atoms with van der Waals surface area (Å²) in [5.74, 6) is 0. The van der Waals surface area contributed by atoms with Crippen LogP contribution in [0, 0.1) is 0 Å². The third kappa shape index (κ3) is 5.54. The molecule has 0 amide bonds. The quantitative estimate of drug-likeness (QED) is 0.122. The van der Waals surface area contributed by atoms with Crippen molar-refractivity contribution >= 4 is 145 Å². The second-order valence-electron chi connectivity index (χ2n) is 19.4. The van der Waals surface area contributed by atoms with E-state index >= 15 is 0 Å². The van der Waals surface area contributed by atoms with Gasteiger partial charge in [-0.2, -0.15) is 0 Å². The summed E-state index contributed by atoms with van der Waals surface area (Å²) in [5.41, 5.74) is 0. The second kappa shape index (κ2) is 15.6. The number of rotatable bonds is 4. The molecule has 0 atom stereocenters. The normalized spacial score (nSPS) is 12.6. The Balaban J connectivity index is 1.28. The molecule has 16 rings (SSSR count). The van der Waals surface area contributed by atoms with Gasteiger partial charge in [0.1, 0.15) is 0 Å². The van der Waals surface area contributed by atoms with Gasteiger partial charge in [0.2, 0.25) is 0 Å². The van der Waals surface area contributed by atoms with E-state index in [4.69, 9.17) is 0 Å². The first-order chi connectivity index (χ1) is 36.3. The predicted molar refractivity (Wildman–Crippen MR) is 314 cm³/mol. The van der Waals surface area contributed by atoms with Crippen LogP contribution in [0.1, 0.15) is 0 Å². The number of benzene rings is 16. The van der Waals surface area contributed by atoms with E-state index in [0.29, 0.717) is 0 Å². The molecule has 0 radical (unpaired) electrons. The molecule has 342 valence electrons. The first kappa shape index (κ1) is 41.0. The molecule has 0 saturated heterocycles. The van der Waals surface area contributed by atoms with Crippen molar-refractivity contribution in [2.24, 2.45) is 0 Å². The van der Waals surface area contributed by atoms with Crippen molar-refractivity contribution in [3.8, 4) is 0 Å². The van der Waals surface area contributed by atoms with Crippen molar-refractivity contribution < 1.29 is 15.5 Å². The molecule has 0 nitrogen and oxygen atoms in total. The van der Waals surface area contributed by atoms with Crippen molar-refractivity contribution in [1.82, 2.24) is 0 Å². The van der Waals surface area contributed by atoms with Crippen LogP contribution in [0.4, 0.5) is 0 Å². The zero-order valence-corrected chi connectivity index (χ0v) is 41.3. The van der Waals surface area contributed by atoms with Crippen molar-refractivity contribution in [2.45, 2.75) is 0 Å². The molecule has 0 aliphatic heterocycles. The van der Waals surface area contributed by atoms with Gasteiger partial charge in [-0.3, -0.25) is 0 Å². The minimum absolute atomic E-state index is 1.28. The second-order valence-corrected chi connectivity index (χ2v) is 25.0. The van der Waals surface area contributed by atoms with Crippen molar-refractivity contribution in [3.05, 3.63) is 267 Å². The van der Waals surface area contributed by atoms with Crippen LogP contribution in [0.3, 0.4) is 0 Å². The molecule has 0 spiro atoms. The van der Waals surface area contributed by atoms with Gasteiger partial charge in [0, 0.05) is 0 Å². The molecule has 0 N–H and O–H groups in total. The Kier molecular flexibility index (Phi) is 8.78. The molecule has 16 aromatic carbocycles. The summed E-state index contributed by atoms with van der Waals surface area (Å²) in [7, 11) is 0. The van der Waals surface area contributed by atoms with E-state index in [1.807, 2.05) is 0 Å². The van der Waals surface area contributed by atoms with E-state index < -0.39 is 15.5 Å². The Labute approximate surface area is 425 Å². The number of hydrogen-bond acceptors (Lipinski definition) is 0. The van der Waals surface area contributed by atoms with E-state index in [9.17, 15) is 0 Å². The van der Waals surface area contributed by atoms with Gasteiger partial charge in [-0.05, 0) is 0 Å². The summed E-state index contributed by atoms with van der Waals surface area (Å²) < 4.78 is 5.62. The van der Waals surface area contributed by atoms with Crippen molar-refractivity contribution in [2.75, 3.05) is 0 Å². The zero-order valence-electron chi connectivity index (χ0n) is 39.7. The van der Waals surface area contributed by atoms with Crippen molar-refractivity contribution in [1.29, 1.82) is 0 Å². The van der Waals surface area contributed by atoms with Gasteiger partial charge < -0.3 is 0 Å². The van der Waals surface area contributed by atoms with Gasteiger partial charge >= 0.3 is 428 Å². The maximum absolute atomic E-state index is 4.00. The molecule has 0 saturated carbocycles. The van der Waals surface area contributed by atoms with Gasteiger partial charge in [0.25, 0.3) is 0 Å². The minimum atomic E-state index is -4.00. The first-order valence-electron chi connectivity index (χ1n) is 25.2. The van der Waals surface area contributed by atoms with E-state index in [-0.39, 0.29) is 0 Å². The molecule has 73 heavy (non-hydrogen) atoms. The van der Waals surface area contributed by atoms with Crippen LogP contribution in [0.25, 0.3) is 129 Å². The van der Waals surface area contributed by atoms with Gasteiger partial charge in [-0.1, -0.05) is 0 Å². The van der Waals surface area contributed by atoms with Crippen LogP contribution in [-0.2, 0) is 15.5 Å². The Hall–Kier alpha value is -8.70. The third-order valence-corrected chi connectivity index (χ3v) is 23.4. The Morgan fingerprint density at radius 3 is 0.411 bits per heavy atom. The van der Waals surface area contributed by atoms with E-state index in [0.717, 1.165) is 0 Å². The van der Waals surface area contributed by atoms with Crippen LogP contribution in [-0.4, -0.2) is 0 Å². The van der Waals surface area contributed by atoms with E-state index in [1.165, 1.54) is 145 Å². The summed E-state index contributed by atoms with van der Waals surface area (Å²) in [6, 6.07) is 103. The third-order valence-electron chi connectivity index (χ3n) is 15.8. The molecule has 0 heterocycles. The van der Waals surface area contributed by atoms with Crippen molar-refractivity contribution in [3.63, 3.8) is 0 Å². The van der Waals surface area contributed by atoms with Gasteiger partial charge in [-0.25, -0.2) is 0 Å². The van der Waals surface area contributed by atoms with Crippen LogP contribution >= 0.6 is 0 Å². The fraction of sp³-hybridized carbons (Fsp3) is 0. The SMILES string of the molecule is c1ccc2c(c1)c1ccccc1c1[c]([Pd]([c]3cccc4c5ccccc5c5ccccc5c34)([c]3cccc4c5ccccc5c5ccccc5c34)[c]3cccc4c5ccccc5c5ccccc5c34)cccc21. The Bertz CT molecular complexity index is 4220. The molecule has 0 fully saturated rings. The number of fused-ring (bicyclic) bond motifs is 24. The van der Waals surface area contributed by atoms with Crippen LogP contribution in [0.15, 0.2) is 267 Å². The molecule has 0 unspecified atom stereocenters. The standard InChI is InChI=1S/4C18H11.Pd/c4*1-2-8-14-13(7-1)15-9-3-4-11-17(15)18-12-6-5-10-16(14)18;/h4*1-11H;. The van der Waals surface area contributed by atoms with Crippen LogP contribution in [0.5, 0.6) is 0 Å². The topological polar surface area (TPSA) is 0 Å². The molecule has 1 heteroatoms. The van der Waals surface area contributed by atoms with Gasteiger partial charge in [0.15, 0.2) is 0 Å². The predicted octanol–water partition coefficient (Wildman–Crippen LogP) is 17.3. The summed E-state index contributed by atoms with van der Waals surface area (Å²) in [4.78, 5) is 0. The Morgan fingerprint density at radius 1 is 0.123 bits per heavy atom. The Morgan fingerprint density at radius 2 is 0.247 bits per heavy atom. The average molecular weight is 1020 g/mol. The fourth-order valence-corrected chi connectivity index (χ4v) is 21.8. The molecule has 16 aromatic rings. The summed E-state index contributed by atoms with van der Waals surface area (Å²) >= 11 is -4.00. The monoisotopic (exact) mass is 1010 g/mol. The summed E-state index contributed by atoms with van der Waals surface area (Å²) in [6.45, 7) is 0. The van der Waals surface area contributed by atoms with E-state index in [1.54, 1.807) is 0 Å². The molecule has 0 bridgehead atoms. The zero-order chi connectivity index (χ0) is 47.8. The summed E-state index contributed by atoms with van der Waals surface area (Å²) in [5, 5.41) is 31.0. The van der Waals surface area contributed by atoms with Crippen LogP contribution < -0.4 is 16.1 Å². The van der Waals surface area contributed by atoms with Crippen LogP contribution in [0.2, 0.25) is 0 Å². The van der Waals surface area contributed by atoms with Gasteiger partial charge in [-0.15, -0.1) is 0 Å². The molecular weight excluding hydrogens is 971 g/mol. The molecule has 0 aromatic heterocycles. The first-order valence-corrected chi connectivity index (χ1v) is 28.3. The average Bonchev–Trinajstić information content (AvgIpc) is 3.47. The fourth-order valence-electron chi connectivity index (χ4n) is 12.9. The van der Waals surface area contributed by atoms with Gasteiger partial charge in [0.05, 0.1) is 0 Å². The molecular formula is C72H44Pd. The van der Waals surface area contributed by atoms with E-state index in [2.05, 4.69) is 267 Å².